The number of carbonyl (C=O) groups is 2. The summed E-state index contributed by atoms with van der Waals surface area (Å²) < 4.78 is 10.8. The minimum absolute atomic E-state index is 0.0532. The van der Waals surface area contributed by atoms with Crippen LogP contribution in [0.2, 0.25) is 0 Å². The Morgan fingerprint density at radius 3 is 2.83 bits per heavy atom. The first-order chi connectivity index (χ1) is 14.1. The zero-order valence-electron chi connectivity index (χ0n) is 16.2. The van der Waals surface area contributed by atoms with Crippen LogP contribution in [0.3, 0.4) is 0 Å². The molecule has 29 heavy (non-hydrogen) atoms. The van der Waals surface area contributed by atoms with Crippen LogP contribution in [-0.4, -0.2) is 23.0 Å². The lowest BCUT2D eigenvalue weighted by molar-refractivity contribution is -0.119. The van der Waals surface area contributed by atoms with Gasteiger partial charge in [-0.2, -0.15) is 0 Å². The first kappa shape index (κ1) is 19.0. The molecule has 150 valence electrons. The van der Waals surface area contributed by atoms with Crippen LogP contribution in [0.25, 0.3) is 11.1 Å². The van der Waals surface area contributed by atoms with Gasteiger partial charge < -0.3 is 19.8 Å². The predicted octanol–water partition coefficient (Wildman–Crippen LogP) is 4.17. The van der Waals surface area contributed by atoms with Crippen molar-refractivity contribution in [1.29, 1.82) is 0 Å². The van der Waals surface area contributed by atoms with Crippen molar-refractivity contribution in [2.45, 2.75) is 38.8 Å². The lowest BCUT2D eigenvalue weighted by atomic mass is 10.1. The van der Waals surface area contributed by atoms with Crippen LogP contribution >= 0.6 is 0 Å². The van der Waals surface area contributed by atoms with Crippen LogP contribution in [0.1, 0.15) is 30.7 Å². The lowest BCUT2D eigenvalue weighted by Gasteiger charge is -2.14. The Bertz CT molecular complexity index is 1020. The number of alkyl carbamates (subject to hydrolysis) is 1. The first-order valence-corrected chi connectivity index (χ1v) is 9.72. The molecule has 2 atom stereocenters. The Kier molecular flexibility index (Phi) is 5.46. The van der Waals surface area contributed by atoms with Gasteiger partial charge in [0.25, 0.3) is 0 Å². The topological polar surface area (TPSA) is 93.5 Å². The molecule has 7 heteroatoms. The van der Waals surface area contributed by atoms with E-state index >= 15 is 0 Å². The second-order valence-electron chi connectivity index (χ2n) is 7.32. The Balaban J connectivity index is 1.26. The predicted molar refractivity (Wildman–Crippen MR) is 108 cm³/mol. The van der Waals surface area contributed by atoms with Crippen LogP contribution in [0.4, 0.5) is 10.5 Å². The summed E-state index contributed by atoms with van der Waals surface area (Å²) in [6, 6.07) is 14.9. The van der Waals surface area contributed by atoms with Gasteiger partial charge in [-0.3, -0.25) is 4.79 Å². The third-order valence-electron chi connectivity index (χ3n) is 5.10. The van der Waals surface area contributed by atoms with Crippen LogP contribution < -0.4 is 10.6 Å². The number of hydrogen-bond acceptors (Lipinski definition) is 5. The molecule has 3 aromatic rings. The number of ether oxygens (including phenoxy) is 1. The van der Waals surface area contributed by atoms with Gasteiger partial charge in [0, 0.05) is 30.6 Å². The van der Waals surface area contributed by atoms with Crippen LogP contribution in [0.5, 0.6) is 0 Å². The van der Waals surface area contributed by atoms with Gasteiger partial charge in [0.05, 0.1) is 0 Å². The molecule has 0 radical (unpaired) electrons. The van der Waals surface area contributed by atoms with Crippen molar-refractivity contribution < 1.29 is 18.7 Å². The van der Waals surface area contributed by atoms with Crippen molar-refractivity contribution >= 4 is 28.8 Å². The van der Waals surface area contributed by atoms with E-state index in [9.17, 15) is 9.59 Å². The number of amides is 2. The highest BCUT2D eigenvalue weighted by molar-refractivity contribution is 5.94. The Hall–Kier alpha value is -3.35. The maximum Gasteiger partial charge on any atom is 0.407 e. The highest BCUT2D eigenvalue weighted by Crippen LogP contribution is 2.28. The summed E-state index contributed by atoms with van der Waals surface area (Å²) in [4.78, 5) is 28.9. The maximum atomic E-state index is 12.6. The molecule has 2 amide bonds. The molecule has 2 N–H and O–H groups in total. The van der Waals surface area contributed by atoms with Gasteiger partial charge >= 0.3 is 6.09 Å². The fourth-order valence-electron chi connectivity index (χ4n) is 3.64. The van der Waals surface area contributed by atoms with Gasteiger partial charge in [-0.05, 0) is 37.0 Å². The molecule has 1 aromatic heterocycles. The molecule has 7 nitrogen and oxygen atoms in total. The Labute approximate surface area is 168 Å². The van der Waals surface area contributed by atoms with Crippen molar-refractivity contribution in [2.75, 3.05) is 5.32 Å². The van der Waals surface area contributed by atoms with Crippen molar-refractivity contribution in [3.63, 3.8) is 0 Å². The van der Waals surface area contributed by atoms with Crippen LogP contribution in [0.15, 0.2) is 52.9 Å². The average Bonchev–Trinajstić information content (AvgIpc) is 3.32. The van der Waals surface area contributed by atoms with Gasteiger partial charge in [-0.15, -0.1) is 0 Å². The maximum absolute atomic E-state index is 12.6. The summed E-state index contributed by atoms with van der Waals surface area (Å²) in [6.45, 7) is 2.02. The van der Waals surface area contributed by atoms with E-state index in [4.69, 9.17) is 9.15 Å². The first-order valence-electron chi connectivity index (χ1n) is 9.72. The number of carbonyl (C=O) groups excluding carboxylic acids is 2. The number of rotatable bonds is 5. The largest absolute Gasteiger partial charge is 0.445 e. The van der Waals surface area contributed by atoms with Crippen molar-refractivity contribution in [1.82, 2.24) is 10.3 Å². The minimum Gasteiger partial charge on any atom is -0.445 e. The van der Waals surface area contributed by atoms with Crippen molar-refractivity contribution in [3.05, 3.63) is 60.0 Å². The quantitative estimate of drug-likeness (QED) is 0.679. The summed E-state index contributed by atoms with van der Waals surface area (Å²) in [5.41, 5.74) is 3.02. The third-order valence-corrected chi connectivity index (χ3v) is 5.10. The number of fused-ring (bicyclic) bond motifs is 1. The molecule has 0 bridgehead atoms. The Morgan fingerprint density at radius 1 is 1.17 bits per heavy atom. The molecular weight excluding hydrogens is 370 g/mol. The van der Waals surface area contributed by atoms with E-state index in [1.54, 1.807) is 13.0 Å². The fraction of sp³-hybridized carbons (Fsp3) is 0.318. The highest BCUT2D eigenvalue weighted by Gasteiger charge is 2.31. The zero-order chi connectivity index (χ0) is 20.2. The number of hydrogen-bond donors (Lipinski definition) is 2. The normalized spacial score (nSPS) is 18.5. The van der Waals surface area contributed by atoms with E-state index in [2.05, 4.69) is 15.6 Å². The number of aromatic nitrogens is 1. The molecule has 1 aliphatic carbocycles. The van der Waals surface area contributed by atoms with Gasteiger partial charge in [0.15, 0.2) is 11.5 Å². The monoisotopic (exact) mass is 393 g/mol. The molecule has 4 rings (SSSR count). The molecule has 0 saturated heterocycles. The molecule has 1 heterocycles. The zero-order valence-corrected chi connectivity index (χ0v) is 16.2. The number of nitrogens with one attached hydrogen (secondary N) is 2. The SMILES string of the molecule is Cc1nc2ccc(NC(=O)C3CCC(NC(=O)OCc4ccccc4)C3)cc2o1. The summed E-state index contributed by atoms with van der Waals surface area (Å²) in [6.07, 6.45) is 1.61. The molecular formula is C22H23N3O4. The number of anilines is 1. The lowest BCUT2D eigenvalue weighted by Crippen LogP contribution is -2.34. The standard InChI is InChI=1S/C22H23N3O4/c1-14-23-19-10-9-18(12-20(19)29-14)24-21(26)16-7-8-17(11-16)25-22(27)28-13-15-5-3-2-4-6-15/h2-6,9-10,12,16-17H,7-8,11,13H2,1H3,(H,24,26)(H,25,27). The summed E-state index contributed by atoms with van der Waals surface area (Å²) in [7, 11) is 0. The fourth-order valence-corrected chi connectivity index (χ4v) is 3.64. The third kappa shape index (κ3) is 4.74. The molecule has 1 saturated carbocycles. The second-order valence-corrected chi connectivity index (χ2v) is 7.32. The molecule has 0 aliphatic heterocycles. The highest BCUT2D eigenvalue weighted by atomic mass is 16.5. The van der Waals surface area contributed by atoms with Crippen LogP contribution in [0, 0.1) is 12.8 Å². The van der Waals surface area contributed by atoms with Gasteiger partial charge in [0.1, 0.15) is 12.1 Å². The van der Waals surface area contributed by atoms with Crippen molar-refractivity contribution in [3.8, 4) is 0 Å². The number of nitrogens with zero attached hydrogens (tertiary/aromatic N) is 1. The minimum atomic E-state index is -0.453. The number of oxazole rings is 1. The van der Waals surface area contributed by atoms with Crippen molar-refractivity contribution in [2.24, 2.45) is 5.92 Å². The molecule has 0 spiro atoms. The molecule has 1 aliphatic rings. The van der Waals surface area contributed by atoms with E-state index in [1.165, 1.54) is 0 Å². The summed E-state index contributed by atoms with van der Waals surface area (Å²) in [5, 5.41) is 5.80. The number of aryl methyl sites for hydroxylation is 1. The van der Waals surface area contributed by atoms with Gasteiger partial charge in [-0.25, -0.2) is 9.78 Å². The molecule has 2 unspecified atom stereocenters. The number of benzene rings is 2. The second kappa shape index (κ2) is 8.34. The van der Waals surface area contributed by atoms with E-state index < -0.39 is 6.09 Å². The summed E-state index contributed by atoms with van der Waals surface area (Å²) in [5.74, 6) is 0.386. The average molecular weight is 393 g/mol. The van der Waals surface area contributed by atoms with Gasteiger partial charge in [0.2, 0.25) is 5.91 Å². The van der Waals surface area contributed by atoms with E-state index in [-0.39, 0.29) is 24.5 Å². The smallest absolute Gasteiger partial charge is 0.407 e. The van der Waals surface area contributed by atoms with E-state index in [0.29, 0.717) is 23.6 Å². The van der Waals surface area contributed by atoms with E-state index in [1.807, 2.05) is 42.5 Å². The van der Waals surface area contributed by atoms with Crippen LogP contribution in [-0.2, 0) is 16.1 Å². The molecule has 1 fully saturated rings. The van der Waals surface area contributed by atoms with E-state index in [0.717, 1.165) is 23.9 Å². The molecule has 2 aromatic carbocycles. The Morgan fingerprint density at radius 2 is 2.00 bits per heavy atom. The summed E-state index contributed by atoms with van der Waals surface area (Å²) >= 11 is 0. The van der Waals surface area contributed by atoms with Gasteiger partial charge in [-0.1, -0.05) is 30.3 Å².